The number of benzene rings is 2. The first-order chi connectivity index (χ1) is 8.34. The van der Waals surface area contributed by atoms with E-state index in [-0.39, 0.29) is 0 Å². The summed E-state index contributed by atoms with van der Waals surface area (Å²) in [4.78, 5) is 4.29. The summed E-state index contributed by atoms with van der Waals surface area (Å²) in [7, 11) is 0. The summed E-state index contributed by atoms with van der Waals surface area (Å²) in [6.07, 6.45) is 5.71. The van der Waals surface area contributed by atoms with Gasteiger partial charge in [0.25, 0.3) is 0 Å². The molecule has 2 aromatic carbocycles. The molecule has 0 atom stereocenters. The van der Waals surface area contributed by atoms with Crippen LogP contribution in [-0.4, -0.2) is 6.21 Å². The smallest absolute Gasteiger partial charge is 0.0630 e. The van der Waals surface area contributed by atoms with E-state index in [0.717, 1.165) is 16.3 Å². The summed E-state index contributed by atoms with van der Waals surface area (Å²) in [5.74, 6) is 0. The van der Waals surface area contributed by atoms with Crippen molar-refractivity contribution in [1.82, 2.24) is 0 Å². The first-order valence-electron chi connectivity index (χ1n) is 5.36. The van der Waals surface area contributed by atoms with Gasteiger partial charge < -0.3 is 0 Å². The topological polar surface area (TPSA) is 12.4 Å². The van der Waals surface area contributed by atoms with E-state index < -0.39 is 0 Å². The summed E-state index contributed by atoms with van der Waals surface area (Å²) in [6, 6.07) is 17.5. The molecule has 0 aliphatic heterocycles. The molecule has 2 rings (SSSR count). The third-order valence-electron chi connectivity index (χ3n) is 2.22. The highest BCUT2D eigenvalue weighted by Crippen LogP contribution is 2.15. The molecule has 0 aliphatic carbocycles. The molecule has 0 saturated carbocycles. The van der Waals surface area contributed by atoms with E-state index in [9.17, 15) is 0 Å². The molecule has 0 spiro atoms. The van der Waals surface area contributed by atoms with Crippen molar-refractivity contribution in [2.24, 2.45) is 4.99 Å². The van der Waals surface area contributed by atoms with Crippen LogP contribution in [0.3, 0.4) is 0 Å². The molecule has 0 saturated heterocycles. The zero-order chi connectivity index (χ0) is 11.9. The second kappa shape index (κ2) is 6.02. The van der Waals surface area contributed by atoms with Gasteiger partial charge in [-0.2, -0.15) is 0 Å². The Kier molecular flexibility index (Phi) is 4.11. The number of rotatable bonds is 3. The van der Waals surface area contributed by atoms with E-state index >= 15 is 0 Å². The van der Waals surface area contributed by atoms with Crippen molar-refractivity contribution >= 4 is 29.6 Å². The second-order valence-electron chi connectivity index (χ2n) is 3.52. The van der Waals surface area contributed by atoms with Crippen molar-refractivity contribution in [3.05, 3.63) is 71.3 Å². The minimum Gasteiger partial charge on any atom is -0.257 e. The van der Waals surface area contributed by atoms with E-state index in [4.69, 9.17) is 11.6 Å². The van der Waals surface area contributed by atoms with Crippen LogP contribution in [0.4, 0.5) is 5.69 Å². The molecule has 0 radical (unpaired) electrons. The number of allylic oxidation sites excluding steroid dienone is 1. The van der Waals surface area contributed by atoms with Crippen LogP contribution in [0.25, 0.3) is 6.08 Å². The summed E-state index contributed by atoms with van der Waals surface area (Å²) >= 11 is 5.79. The summed E-state index contributed by atoms with van der Waals surface area (Å²) in [6.45, 7) is 0. The first-order valence-corrected chi connectivity index (χ1v) is 5.74. The van der Waals surface area contributed by atoms with Crippen LogP contribution in [0, 0.1) is 0 Å². The standard InChI is InChI=1S/C15H12ClN/c16-14-8-10-15(11-9-14)17-12-4-7-13-5-2-1-3-6-13/h1-12H. The molecule has 0 aliphatic rings. The van der Waals surface area contributed by atoms with Crippen LogP contribution in [0.5, 0.6) is 0 Å². The van der Waals surface area contributed by atoms with Crippen LogP contribution < -0.4 is 0 Å². The fourth-order valence-corrected chi connectivity index (χ4v) is 1.50. The minimum atomic E-state index is 0.726. The van der Waals surface area contributed by atoms with Gasteiger partial charge in [-0.15, -0.1) is 0 Å². The molecule has 0 fully saturated rings. The Morgan fingerprint density at radius 1 is 0.882 bits per heavy atom. The maximum absolute atomic E-state index is 5.79. The molecule has 1 nitrogen and oxygen atoms in total. The maximum Gasteiger partial charge on any atom is 0.0630 e. The molecule has 2 aromatic rings. The number of nitrogens with zero attached hydrogens (tertiary/aromatic N) is 1. The zero-order valence-electron chi connectivity index (χ0n) is 9.25. The number of halogens is 1. The van der Waals surface area contributed by atoms with Crippen LogP contribution in [-0.2, 0) is 0 Å². The highest BCUT2D eigenvalue weighted by atomic mass is 35.5. The van der Waals surface area contributed by atoms with Gasteiger partial charge in [-0.25, -0.2) is 0 Å². The van der Waals surface area contributed by atoms with Crippen molar-refractivity contribution < 1.29 is 0 Å². The van der Waals surface area contributed by atoms with E-state index in [0.29, 0.717) is 0 Å². The van der Waals surface area contributed by atoms with E-state index in [1.165, 1.54) is 0 Å². The fraction of sp³-hybridized carbons (Fsp3) is 0. The minimum absolute atomic E-state index is 0.726. The molecule has 84 valence electrons. The first kappa shape index (κ1) is 11.6. The summed E-state index contributed by atoms with van der Waals surface area (Å²) in [5.41, 5.74) is 2.06. The summed E-state index contributed by atoms with van der Waals surface area (Å²) < 4.78 is 0. The van der Waals surface area contributed by atoms with Crippen molar-refractivity contribution in [1.29, 1.82) is 0 Å². The Balaban J connectivity index is 1.98. The van der Waals surface area contributed by atoms with Gasteiger partial charge in [0.2, 0.25) is 0 Å². The molecule has 0 aromatic heterocycles. The van der Waals surface area contributed by atoms with Gasteiger partial charge in [0, 0.05) is 11.2 Å². The van der Waals surface area contributed by atoms with Gasteiger partial charge in [-0.05, 0) is 35.9 Å². The van der Waals surface area contributed by atoms with Gasteiger partial charge in [-0.3, -0.25) is 4.99 Å². The maximum atomic E-state index is 5.79. The van der Waals surface area contributed by atoms with Gasteiger partial charge in [0.15, 0.2) is 0 Å². The monoisotopic (exact) mass is 241 g/mol. The third-order valence-corrected chi connectivity index (χ3v) is 2.48. The van der Waals surface area contributed by atoms with E-state index in [2.05, 4.69) is 4.99 Å². The Labute approximate surface area is 106 Å². The van der Waals surface area contributed by atoms with Gasteiger partial charge in [0.05, 0.1) is 5.69 Å². The second-order valence-corrected chi connectivity index (χ2v) is 3.96. The molecule has 2 heteroatoms. The van der Waals surface area contributed by atoms with Gasteiger partial charge in [0.1, 0.15) is 0 Å². The quantitative estimate of drug-likeness (QED) is 0.688. The summed E-state index contributed by atoms with van der Waals surface area (Å²) in [5, 5.41) is 0.726. The number of hydrogen-bond acceptors (Lipinski definition) is 1. The zero-order valence-corrected chi connectivity index (χ0v) is 10.0. The molecular weight excluding hydrogens is 230 g/mol. The normalized spacial score (nSPS) is 11.4. The molecular formula is C15H12ClN. The van der Waals surface area contributed by atoms with Crippen LogP contribution in [0.15, 0.2) is 65.7 Å². The highest BCUT2D eigenvalue weighted by Gasteiger charge is 1.87. The van der Waals surface area contributed by atoms with Gasteiger partial charge in [-0.1, -0.05) is 48.0 Å². The predicted octanol–water partition coefficient (Wildman–Crippen LogP) is 4.76. The van der Waals surface area contributed by atoms with Crippen molar-refractivity contribution in [3.8, 4) is 0 Å². The van der Waals surface area contributed by atoms with Crippen molar-refractivity contribution in [2.45, 2.75) is 0 Å². The predicted molar refractivity (Wildman–Crippen MR) is 75.1 cm³/mol. The lowest BCUT2D eigenvalue weighted by Crippen LogP contribution is -1.70. The lowest BCUT2D eigenvalue weighted by atomic mass is 10.2. The lowest BCUT2D eigenvalue weighted by molar-refractivity contribution is 1.54. The lowest BCUT2D eigenvalue weighted by Gasteiger charge is -1.92. The number of aliphatic imine (C=N–C) groups is 1. The van der Waals surface area contributed by atoms with Gasteiger partial charge >= 0.3 is 0 Å². The molecule has 0 amide bonds. The van der Waals surface area contributed by atoms with Crippen LogP contribution >= 0.6 is 11.6 Å². The Hall–Kier alpha value is -1.86. The van der Waals surface area contributed by atoms with E-state index in [1.54, 1.807) is 6.21 Å². The Morgan fingerprint density at radius 2 is 1.59 bits per heavy atom. The van der Waals surface area contributed by atoms with Crippen molar-refractivity contribution in [3.63, 3.8) is 0 Å². The Bertz CT molecular complexity index is 512. The van der Waals surface area contributed by atoms with Crippen molar-refractivity contribution in [2.75, 3.05) is 0 Å². The highest BCUT2D eigenvalue weighted by molar-refractivity contribution is 6.30. The molecule has 0 N–H and O–H groups in total. The largest absolute Gasteiger partial charge is 0.257 e. The average Bonchev–Trinajstić information content (AvgIpc) is 2.38. The fourth-order valence-electron chi connectivity index (χ4n) is 1.37. The van der Waals surface area contributed by atoms with Crippen LogP contribution in [0.2, 0.25) is 5.02 Å². The van der Waals surface area contributed by atoms with Crippen LogP contribution in [0.1, 0.15) is 5.56 Å². The number of hydrogen-bond donors (Lipinski definition) is 0. The average molecular weight is 242 g/mol. The molecule has 0 unspecified atom stereocenters. The third kappa shape index (κ3) is 3.89. The molecule has 0 heterocycles. The molecule has 0 bridgehead atoms. The Morgan fingerprint density at radius 3 is 2.29 bits per heavy atom. The SMILES string of the molecule is Clc1ccc(N=CC=Cc2ccccc2)cc1. The van der Waals surface area contributed by atoms with E-state index in [1.807, 2.05) is 66.7 Å². The molecule has 17 heavy (non-hydrogen) atoms.